The number of hydrogen-bond acceptors (Lipinski definition) is 2. The lowest BCUT2D eigenvalue weighted by Gasteiger charge is -2.02. The molecule has 0 saturated carbocycles. The van der Waals surface area contributed by atoms with Crippen molar-refractivity contribution in [3.63, 3.8) is 0 Å². The van der Waals surface area contributed by atoms with Gasteiger partial charge in [-0.15, -0.1) is 0 Å². The van der Waals surface area contributed by atoms with Crippen molar-refractivity contribution in [2.45, 2.75) is 32.6 Å². The molecular formula is C16H18O2. The molecule has 0 aliphatic rings. The van der Waals surface area contributed by atoms with Gasteiger partial charge in [-0.05, 0) is 37.0 Å². The first-order chi connectivity index (χ1) is 8.79. The number of aryl methyl sites for hydroxylation is 3. The first-order valence-corrected chi connectivity index (χ1v) is 6.45. The first kappa shape index (κ1) is 12.6. The highest BCUT2D eigenvalue weighted by Crippen LogP contribution is 2.06. The third kappa shape index (κ3) is 3.33. The summed E-state index contributed by atoms with van der Waals surface area (Å²) in [5.41, 5.74) is 1.82. The van der Waals surface area contributed by atoms with Crippen LogP contribution in [0.2, 0.25) is 0 Å². The molecule has 1 heterocycles. The molecule has 2 heteroatoms. The van der Waals surface area contributed by atoms with E-state index in [2.05, 4.69) is 19.1 Å². The molecule has 2 nitrogen and oxygen atoms in total. The van der Waals surface area contributed by atoms with E-state index in [0.717, 1.165) is 37.0 Å². The van der Waals surface area contributed by atoms with E-state index in [4.69, 9.17) is 4.42 Å². The summed E-state index contributed by atoms with van der Waals surface area (Å²) in [5.74, 6) is 0.783. The highest BCUT2D eigenvalue weighted by molar-refractivity contribution is 5.18. The zero-order chi connectivity index (χ0) is 12.8. The van der Waals surface area contributed by atoms with Crippen molar-refractivity contribution in [3.8, 4) is 0 Å². The van der Waals surface area contributed by atoms with Crippen molar-refractivity contribution in [2.24, 2.45) is 0 Å². The second-order valence-electron chi connectivity index (χ2n) is 4.45. The molecule has 0 aliphatic heterocycles. The number of hydrogen-bond donors (Lipinski definition) is 0. The van der Waals surface area contributed by atoms with Crippen molar-refractivity contribution in [1.82, 2.24) is 0 Å². The first-order valence-electron chi connectivity index (χ1n) is 6.45. The van der Waals surface area contributed by atoms with E-state index in [1.165, 1.54) is 5.56 Å². The van der Waals surface area contributed by atoms with Crippen molar-refractivity contribution in [3.05, 3.63) is 69.8 Å². The zero-order valence-electron chi connectivity index (χ0n) is 10.7. The van der Waals surface area contributed by atoms with Crippen molar-refractivity contribution in [1.29, 1.82) is 0 Å². The quantitative estimate of drug-likeness (QED) is 0.804. The summed E-state index contributed by atoms with van der Waals surface area (Å²) in [4.78, 5) is 11.8. The van der Waals surface area contributed by atoms with Crippen LogP contribution in [0.4, 0.5) is 0 Å². The highest BCUT2D eigenvalue weighted by atomic mass is 16.4. The smallest absolute Gasteiger partial charge is 0.339 e. The Morgan fingerprint density at radius 2 is 1.72 bits per heavy atom. The minimum absolute atomic E-state index is 0.183. The Kier molecular flexibility index (Phi) is 4.35. The fourth-order valence-corrected chi connectivity index (χ4v) is 1.97. The monoisotopic (exact) mass is 242 g/mol. The lowest BCUT2D eigenvalue weighted by Crippen LogP contribution is -2.09. The van der Waals surface area contributed by atoms with E-state index >= 15 is 0 Å². The predicted molar refractivity (Wildman–Crippen MR) is 72.8 cm³/mol. The minimum atomic E-state index is -0.183. The maximum atomic E-state index is 11.8. The van der Waals surface area contributed by atoms with E-state index in [0.29, 0.717) is 0 Å². The number of rotatable bonds is 5. The highest BCUT2D eigenvalue weighted by Gasteiger charge is 2.03. The van der Waals surface area contributed by atoms with Crippen LogP contribution >= 0.6 is 0 Å². The Balaban J connectivity index is 2.04. The molecular weight excluding hydrogens is 224 g/mol. The summed E-state index contributed by atoms with van der Waals surface area (Å²) in [7, 11) is 0. The molecule has 0 atom stereocenters. The van der Waals surface area contributed by atoms with E-state index in [1.807, 2.05) is 30.3 Å². The van der Waals surface area contributed by atoms with Crippen LogP contribution < -0.4 is 5.63 Å². The summed E-state index contributed by atoms with van der Waals surface area (Å²) in [6, 6.07) is 14.0. The Morgan fingerprint density at radius 1 is 0.944 bits per heavy atom. The molecule has 0 N–H and O–H groups in total. The molecule has 0 aliphatic carbocycles. The van der Waals surface area contributed by atoms with Crippen molar-refractivity contribution >= 4 is 0 Å². The molecule has 1 aromatic heterocycles. The molecule has 2 rings (SSSR count). The molecule has 0 amide bonds. The SMILES string of the molecule is CCCc1ccc(CCc2ccccc2)c(=O)o1. The molecule has 0 bridgehead atoms. The predicted octanol–water partition coefficient (Wildman–Crippen LogP) is 3.38. The van der Waals surface area contributed by atoms with Crippen LogP contribution in [0.1, 0.15) is 30.2 Å². The van der Waals surface area contributed by atoms with Gasteiger partial charge in [-0.25, -0.2) is 4.79 Å². The van der Waals surface area contributed by atoms with Gasteiger partial charge in [0.1, 0.15) is 5.76 Å². The second kappa shape index (κ2) is 6.20. The van der Waals surface area contributed by atoms with Crippen LogP contribution in [-0.2, 0) is 19.3 Å². The standard InChI is InChI=1S/C16H18O2/c1-2-6-15-12-11-14(16(17)18-15)10-9-13-7-4-3-5-8-13/h3-5,7-8,11-12H,2,6,9-10H2,1H3. The summed E-state index contributed by atoms with van der Waals surface area (Å²) >= 11 is 0. The Bertz CT molecular complexity index is 541. The molecule has 0 fully saturated rings. The molecule has 94 valence electrons. The van der Waals surface area contributed by atoms with Crippen LogP contribution in [0.25, 0.3) is 0 Å². The average Bonchev–Trinajstić information content (AvgIpc) is 2.39. The fraction of sp³-hybridized carbons (Fsp3) is 0.312. The molecule has 0 saturated heterocycles. The van der Waals surface area contributed by atoms with Gasteiger partial charge in [0, 0.05) is 12.0 Å². The van der Waals surface area contributed by atoms with Gasteiger partial charge in [-0.2, -0.15) is 0 Å². The lowest BCUT2D eigenvalue weighted by atomic mass is 10.1. The van der Waals surface area contributed by atoms with Gasteiger partial charge in [-0.3, -0.25) is 0 Å². The van der Waals surface area contributed by atoms with Crippen molar-refractivity contribution < 1.29 is 4.42 Å². The van der Waals surface area contributed by atoms with E-state index in [-0.39, 0.29) is 5.63 Å². The molecule has 1 aromatic carbocycles. The Hall–Kier alpha value is -1.83. The van der Waals surface area contributed by atoms with Gasteiger partial charge >= 0.3 is 5.63 Å². The average molecular weight is 242 g/mol. The summed E-state index contributed by atoms with van der Waals surface area (Å²) in [5, 5.41) is 0. The van der Waals surface area contributed by atoms with Gasteiger partial charge in [0.25, 0.3) is 0 Å². The molecule has 18 heavy (non-hydrogen) atoms. The van der Waals surface area contributed by atoms with Crippen LogP contribution in [0.3, 0.4) is 0 Å². The van der Waals surface area contributed by atoms with Crippen LogP contribution in [0.5, 0.6) is 0 Å². The number of benzene rings is 1. The Labute approximate surface area is 107 Å². The maximum absolute atomic E-state index is 11.8. The van der Waals surface area contributed by atoms with Gasteiger partial charge in [0.2, 0.25) is 0 Å². The summed E-state index contributed by atoms with van der Waals surface area (Å²) in [6.07, 6.45) is 3.43. The molecule has 0 unspecified atom stereocenters. The Morgan fingerprint density at radius 3 is 2.39 bits per heavy atom. The van der Waals surface area contributed by atoms with E-state index in [1.54, 1.807) is 0 Å². The van der Waals surface area contributed by atoms with Gasteiger partial charge in [0.15, 0.2) is 0 Å². The van der Waals surface area contributed by atoms with Crippen LogP contribution in [0.15, 0.2) is 51.7 Å². The zero-order valence-corrected chi connectivity index (χ0v) is 10.7. The third-order valence-corrected chi connectivity index (χ3v) is 2.98. The van der Waals surface area contributed by atoms with Crippen molar-refractivity contribution in [2.75, 3.05) is 0 Å². The van der Waals surface area contributed by atoms with E-state index < -0.39 is 0 Å². The molecule has 2 aromatic rings. The molecule has 0 radical (unpaired) electrons. The molecule has 0 spiro atoms. The minimum Gasteiger partial charge on any atom is -0.428 e. The van der Waals surface area contributed by atoms with Crippen LogP contribution in [-0.4, -0.2) is 0 Å². The van der Waals surface area contributed by atoms with Crippen LogP contribution in [0, 0.1) is 0 Å². The third-order valence-electron chi connectivity index (χ3n) is 2.98. The van der Waals surface area contributed by atoms with Gasteiger partial charge in [-0.1, -0.05) is 37.3 Å². The topological polar surface area (TPSA) is 30.2 Å². The van der Waals surface area contributed by atoms with Gasteiger partial charge in [0.05, 0.1) is 0 Å². The largest absolute Gasteiger partial charge is 0.428 e. The summed E-state index contributed by atoms with van der Waals surface area (Å²) in [6.45, 7) is 2.07. The fourth-order valence-electron chi connectivity index (χ4n) is 1.97. The summed E-state index contributed by atoms with van der Waals surface area (Å²) < 4.78 is 5.28. The van der Waals surface area contributed by atoms with Gasteiger partial charge < -0.3 is 4.42 Å². The van der Waals surface area contributed by atoms with E-state index in [9.17, 15) is 4.79 Å². The maximum Gasteiger partial charge on any atom is 0.339 e. The lowest BCUT2D eigenvalue weighted by molar-refractivity contribution is 0.449. The normalized spacial score (nSPS) is 10.5. The second-order valence-corrected chi connectivity index (χ2v) is 4.45.